The molecule has 3 nitrogen and oxygen atoms in total. The zero-order valence-corrected chi connectivity index (χ0v) is 8.39. The Balaban J connectivity index is 1.92. The Kier molecular flexibility index (Phi) is 2.93. The lowest BCUT2D eigenvalue weighted by Gasteiger charge is -2.28. The zero-order chi connectivity index (χ0) is 9.10. The van der Waals surface area contributed by atoms with Crippen LogP contribution in [0, 0.1) is 5.92 Å². The molecule has 1 aromatic rings. The van der Waals surface area contributed by atoms with Gasteiger partial charge in [-0.3, -0.25) is 16.3 Å². The molecule has 72 valence electrons. The maximum Gasteiger partial charge on any atom is 0.0794 e. The molecule has 0 bridgehead atoms. The van der Waals surface area contributed by atoms with Crippen molar-refractivity contribution < 1.29 is 0 Å². The third-order valence-electron chi connectivity index (χ3n) is 2.79. The third kappa shape index (κ3) is 2.07. The highest BCUT2D eigenvalue weighted by Gasteiger charge is 2.22. The molecule has 1 unspecified atom stereocenters. The molecule has 1 aliphatic carbocycles. The molecule has 1 fully saturated rings. The first kappa shape index (κ1) is 9.12. The van der Waals surface area contributed by atoms with E-state index in [1.165, 1.54) is 30.6 Å². The highest BCUT2D eigenvalue weighted by molar-refractivity contribution is 7.09. The SMILES string of the molecule is NNC(CC1CCC1)c1cncs1. The van der Waals surface area contributed by atoms with Gasteiger partial charge in [0.25, 0.3) is 0 Å². The van der Waals surface area contributed by atoms with Gasteiger partial charge in [0.05, 0.1) is 11.6 Å². The van der Waals surface area contributed by atoms with Crippen LogP contribution in [-0.4, -0.2) is 4.98 Å². The molecule has 1 atom stereocenters. The van der Waals surface area contributed by atoms with Crippen molar-refractivity contribution >= 4 is 11.3 Å². The van der Waals surface area contributed by atoms with Crippen LogP contribution in [0.4, 0.5) is 0 Å². The van der Waals surface area contributed by atoms with E-state index in [1.54, 1.807) is 11.3 Å². The van der Waals surface area contributed by atoms with Crippen LogP contribution in [0.25, 0.3) is 0 Å². The van der Waals surface area contributed by atoms with Crippen LogP contribution in [0.1, 0.15) is 36.6 Å². The molecule has 0 aliphatic heterocycles. The Hall–Kier alpha value is -0.450. The highest BCUT2D eigenvalue weighted by Crippen LogP contribution is 2.35. The fraction of sp³-hybridized carbons (Fsp3) is 0.667. The van der Waals surface area contributed by atoms with Crippen LogP contribution in [0.5, 0.6) is 0 Å². The summed E-state index contributed by atoms with van der Waals surface area (Å²) in [6, 6.07) is 0.317. The Morgan fingerprint density at radius 3 is 3.00 bits per heavy atom. The molecular formula is C9H15N3S. The Bertz CT molecular complexity index is 243. The smallest absolute Gasteiger partial charge is 0.0794 e. The van der Waals surface area contributed by atoms with Crippen LogP contribution in [0.2, 0.25) is 0 Å². The van der Waals surface area contributed by atoms with Gasteiger partial charge in [-0.1, -0.05) is 19.3 Å². The van der Waals surface area contributed by atoms with Crippen molar-refractivity contribution in [2.24, 2.45) is 11.8 Å². The van der Waals surface area contributed by atoms with Crippen molar-refractivity contribution in [3.8, 4) is 0 Å². The predicted octanol–water partition coefficient (Wildman–Crippen LogP) is 1.84. The second-order valence-electron chi connectivity index (χ2n) is 3.66. The second kappa shape index (κ2) is 4.17. The number of thiazole rings is 1. The fourth-order valence-electron chi connectivity index (χ4n) is 1.73. The van der Waals surface area contributed by atoms with E-state index < -0.39 is 0 Å². The van der Waals surface area contributed by atoms with Gasteiger partial charge in [0, 0.05) is 11.1 Å². The summed E-state index contributed by atoms with van der Waals surface area (Å²) >= 11 is 1.68. The van der Waals surface area contributed by atoms with Crippen LogP contribution in [0.3, 0.4) is 0 Å². The zero-order valence-electron chi connectivity index (χ0n) is 7.57. The number of hydrazine groups is 1. The van der Waals surface area contributed by atoms with Gasteiger partial charge in [-0.2, -0.15) is 0 Å². The number of rotatable bonds is 4. The first-order valence-corrected chi connectivity index (χ1v) is 5.62. The van der Waals surface area contributed by atoms with Gasteiger partial charge >= 0.3 is 0 Å². The maximum atomic E-state index is 5.52. The van der Waals surface area contributed by atoms with E-state index in [-0.39, 0.29) is 0 Å². The predicted molar refractivity (Wildman–Crippen MR) is 54.1 cm³/mol. The summed E-state index contributed by atoms with van der Waals surface area (Å²) in [5, 5.41) is 0. The van der Waals surface area contributed by atoms with Gasteiger partial charge in [0.2, 0.25) is 0 Å². The van der Waals surface area contributed by atoms with Crippen molar-refractivity contribution in [3.63, 3.8) is 0 Å². The van der Waals surface area contributed by atoms with Crippen LogP contribution < -0.4 is 11.3 Å². The van der Waals surface area contributed by atoms with Gasteiger partial charge in [0.15, 0.2) is 0 Å². The van der Waals surface area contributed by atoms with Gasteiger partial charge in [0.1, 0.15) is 0 Å². The third-order valence-corrected chi connectivity index (χ3v) is 3.68. The number of nitrogens with two attached hydrogens (primary N) is 1. The van der Waals surface area contributed by atoms with E-state index in [0.717, 1.165) is 5.92 Å². The van der Waals surface area contributed by atoms with Gasteiger partial charge in [-0.25, -0.2) is 0 Å². The number of aromatic nitrogens is 1. The number of nitrogens with one attached hydrogen (secondary N) is 1. The lowest BCUT2D eigenvalue weighted by molar-refractivity contribution is 0.263. The first-order valence-electron chi connectivity index (χ1n) is 4.74. The number of hydrogen-bond acceptors (Lipinski definition) is 4. The largest absolute Gasteiger partial charge is 0.271 e. The van der Waals surface area contributed by atoms with E-state index in [2.05, 4.69) is 10.4 Å². The molecule has 4 heteroatoms. The summed E-state index contributed by atoms with van der Waals surface area (Å²) in [5.74, 6) is 6.40. The molecule has 0 aromatic carbocycles. The van der Waals surface area contributed by atoms with E-state index in [1.807, 2.05) is 11.7 Å². The van der Waals surface area contributed by atoms with Gasteiger partial charge in [-0.15, -0.1) is 11.3 Å². The minimum absolute atomic E-state index is 0.317. The number of nitrogens with zero attached hydrogens (tertiary/aromatic N) is 1. The van der Waals surface area contributed by atoms with Crippen molar-refractivity contribution in [1.82, 2.24) is 10.4 Å². The average Bonchev–Trinajstić information content (AvgIpc) is 2.55. The summed E-state index contributed by atoms with van der Waals surface area (Å²) in [7, 11) is 0. The molecule has 0 amide bonds. The van der Waals surface area contributed by atoms with Crippen molar-refractivity contribution in [1.29, 1.82) is 0 Å². The molecule has 2 rings (SSSR count). The minimum atomic E-state index is 0.317. The van der Waals surface area contributed by atoms with Gasteiger partial charge in [-0.05, 0) is 12.3 Å². The van der Waals surface area contributed by atoms with Gasteiger partial charge < -0.3 is 0 Å². The Morgan fingerprint density at radius 2 is 2.54 bits per heavy atom. The molecule has 1 heterocycles. The summed E-state index contributed by atoms with van der Waals surface area (Å²) in [6.07, 6.45) is 7.21. The lowest BCUT2D eigenvalue weighted by Crippen LogP contribution is -2.30. The summed E-state index contributed by atoms with van der Waals surface area (Å²) < 4.78 is 0. The van der Waals surface area contributed by atoms with E-state index >= 15 is 0 Å². The summed E-state index contributed by atoms with van der Waals surface area (Å²) in [4.78, 5) is 5.32. The van der Waals surface area contributed by atoms with Crippen molar-refractivity contribution in [2.75, 3.05) is 0 Å². The first-order chi connectivity index (χ1) is 6.40. The lowest BCUT2D eigenvalue weighted by atomic mass is 9.81. The molecule has 1 saturated carbocycles. The average molecular weight is 197 g/mol. The summed E-state index contributed by atoms with van der Waals surface area (Å²) in [5.41, 5.74) is 4.74. The highest BCUT2D eigenvalue weighted by atomic mass is 32.1. The Labute approximate surface area is 82.3 Å². The maximum absolute atomic E-state index is 5.52. The monoisotopic (exact) mass is 197 g/mol. The molecule has 0 radical (unpaired) electrons. The van der Waals surface area contributed by atoms with Crippen LogP contribution >= 0.6 is 11.3 Å². The fourth-order valence-corrected chi connectivity index (χ4v) is 2.42. The molecule has 13 heavy (non-hydrogen) atoms. The quantitative estimate of drug-likeness (QED) is 0.572. The molecule has 0 saturated heterocycles. The molecular weight excluding hydrogens is 182 g/mol. The van der Waals surface area contributed by atoms with E-state index in [4.69, 9.17) is 5.84 Å². The Morgan fingerprint density at radius 1 is 1.69 bits per heavy atom. The molecule has 3 N–H and O–H groups in total. The topological polar surface area (TPSA) is 50.9 Å². The molecule has 1 aliphatic rings. The van der Waals surface area contributed by atoms with Crippen molar-refractivity contribution in [2.45, 2.75) is 31.7 Å². The van der Waals surface area contributed by atoms with Crippen LogP contribution in [-0.2, 0) is 0 Å². The standard InChI is InChI=1S/C9H15N3S/c10-12-8(4-7-2-1-3-7)9-5-11-6-13-9/h5-8,12H,1-4,10H2. The molecule has 0 spiro atoms. The second-order valence-corrected chi connectivity index (χ2v) is 4.57. The van der Waals surface area contributed by atoms with Crippen LogP contribution in [0.15, 0.2) is 11.7 Å². The molecule has 1 aromatic heterocycles. The number of hydrogen-bond donors (Lipinski definition) is 2. The van der Waals surface area contributed by atoms with Crippen molar-refractivity contribution in [3.05, 3.63) is 16.6 Å². The summed E-state index contributed by atoms with van der Waals surface area (Å²) in [6.45, 7) is 0. The van der Waals surface area contributed by atoms with E-state index in [0.29, 0.717) is 6.04 Å². The minimum Gasteiger partial charge on any atom is -0.271 e. The normalized spacial score (nSPS) is 19.8. The van der Waals surface area contributed by atoms with E-state index in [9.17, 15) is 0 Å².